The van der Waals surface area contributed by atoms with Gasteiger partial charge in [0.15, 0.2) is 0 Å². The Balaban J connectivity index is 1.51. The van der Waals surface area contributed by atoms with Crippen LogP contribution in [-0.2, 0) is 0 Å². The molecule has 2 aromatic carbocycles. The minimum atomic E-state index is -0.517. The summed E-state index contributed by atoms with van der Waals surface area (Å²) in [5.74, 6) is 0.0333. The number of nitrogens with zero attached hydrogens (tertiary/aromatic N) is 1. The fourth-order valence-corrected chi connectivity index (χ4v) is 6.51. The van der Waals surface area contributed by atoms with Gasteiger partial charge in [-0.15, -0.1) is 0 Å². The molecule has 198 valence electrons. The van der Waals surface area contributed by atoms with Crippen LogP contribution >= 0.6 is 15.9 Å². The van der Waals surface area contributed by atoms with E-state index in [1.807, 2.05) is 0 Å². The number of carbonyl (C=O) groups excluding carboxylic acids is 2. The number of aromatic nitrogens is 1. The molecule has 0 radical (unpaired) electrons. The van der Waals surface area contributed by atoms with Gasteiger partial charge in [-0.25, -0.2) is 0 Å². The Kier molecular flexibility index (Phi) is 7.20. The second kappa shape index (κ2) is 10.6. The van der Waals surface area contributed by atoms with Crippen molar-refractivity contribution in [2.45, 2.75) is 44.2 Å². The second-order valence-electron chi connectivity index (χ2n) is 10.0. The summed E-state index contributed by atoms with van der Waals surface area (Å²) in [4.78, 5) is 52.7. The number of hydrogen-bond donors (Lipinski definition) is 4. The quantitative estimate of drug-likeness (QED) is 0.251. The van der Waals surface area contributed by atoms with Crippen molar-refractivity contribution in [1.82, 2.24) is 15.6 Å². The number of pyridine rings is 1. The minimum absolute atomic E-state index is 0.125. The number of amides is 2. The summed E-state index contributed by atoms with van der Waals surface area (Å²) in [7, 11) is 1.47. The third-order valence-electron chi connectivity index (χ3n) is 7.81. The molecule has 0 bridgehead atoms. The average Bonchev–Trinajstić information content (AvgIpc) is 3.35. The van der Waals surface area contributed by atoms with Crippen LogP contribution in [0.2, 0.25) is 0 Å². The van der Waals surface area contributed by atoms with Gasteiger partial charge in [-0.1, -0.05) is 53.4 Å². The summed E-state index contributed by atoms with van der Waals surface area (Å²) in [5, 5.41) is 21.6. The molecule has 38 heavy (non-hydrogen) atoms. The van der Waals surface area contributed by atoms with Crippen molar-refractivity contribution in [2.24, 2.45) is 11.8 Å². The smallest absolute Gasteiger partial charge is 0.294 e. The van der Waals surface area contributed by atoms with Crippen molar-refractivity contribution < 1.29 is 14.5 Å². The van der Waals surface area contributed by atoms with Crippen molar-refractivity contribution in [1.29, 1.82) is 0 Å². The topological polar surface area (TPSA) is 146 Å². The fourth-order valence-electron chi connectivity index (χ4n) is 6.06. The Morgan fingerprint density at radius 1 is 1.03 bits per heavy atom. The number of benzene rings is 2. The fraction of sp³-hybridized carbons (Fsp3) is 0.370. The minimum Gasteiger partial charge on any atom is -0.374 e. The maximum absolute atomic E-state index is 13.5. The van der Waals surface area contributed by atoms with Gasteiger partial charge in [0.05, 0.1) is 16.1 Å². The first-order chi connectivity index (χ1) is 18.2. The van der Waals surface area contributed by atoms with Crippen LogP contribution < -0.4 is 21.5 Å². The van der Waals surface area contributed by atoms with Crippen molar-refractivity contribution in [3.8, 4) is 0 Å². The standard InChI is InChI=1S/C27H28BrN5O5/c1-29-26(35)19-11-16(28)12-23(33(37)38)25(19)31-21-9-14-5-4-6-15(14)10-22(21)32-27(36)18-13-24(34)30-20-8-3-2-7-17(18)20/h2-3,7-8,11-15,21-22,31H,4-6,9-10H2,1H3,(H,29,35)(H,30,34)(H,32,36)/t14?,15?,21-,22+/m1/s1. The van der Waals surface area contributed by atoms with Crippen LogP contribution in [0.5, 0.6) is 0 Å². The molecule has 5 rings (SSSR count). The van der Waals surface area contributed by atoms with E-state index in [1.165, 1.54) is 19.2 Å². The van der Waals surface area contributed by atoms with E-state index in [2.05, 4.69) is 36.9 Å². The molecule has 0 aliphatic heterocycles. The van der Waals surface area contributed by atoms with Gasteiger partial charge in [-0.3, -0.25) is 24.5 Å². The van der Waals surface area contributed by atoms with Gasteiger partial charge in [-0.2, -0.15) is 0 Å². The molecule has 2 fully saturated rings. The SMILES string of the molecule is CNC(=O)c1cc(Br)cc([N+](=O)[O-])c1N[C@@H]1CC2CCCC2C[C@@H]1NC(=O)c1cc(=O)[nH]c2ccccc12. The Bertz CT molecular complexity index is 1490. The Labute approximate surface area is 226 Å². The molecule has 3 aromatic rings. The number of fused-ring (bicyclic) bond motifs is 2. The van der Waals surface area contributed by atoms with Gasteiger partial charge in [0.2, 0.25) is 5.56 Å². The van der Waals surface area contributed by atoms with Gasteiger partial charge >= 0.3 is 0 Å². The van der Waals surface area contributed by atoms with Crippen LogP contribution in [0.15, 0.2) is 51.7 Å². The summed E-state index contributed by atoms with van der Waals surface area (Å²) in [6, 6.07) is 10.6. The first-order valence-corrected chi connectivity index (χ1v) is 13.4. The predicted octanol–water partition coefficient (Wildman–Crippen LogP) is 4.35. The highest BCUT2D eigenvalue weighted by Crippen LogP contribution is 2.44. The zero-order chi connectivity index (χ0) is 27.0. The molecule has 2 saturated carbocycles. The number of nitro benzene ring substituents is 1. The Morgan fingerprint density at radius 3 is 2.45 bits per heavy atom. The van der Waals surface area contributed by atoms with E-state index in [9.17, 15) is 24.5 Å². The number of hydrogen-bond acceptors (Lipinski definition) is 6. The van der Waals surface area contributed by atoms with Gasteiger partial charge in [-0.05, 0) is 36.8 Å². The zero-order valence-corrected chi connectivity index (χ0v) is 22.3. The van der Waals surface area contributed by atoms with Crippen LogP contribution in [0.25, 0.3) is 10.9 Å². The monoisotopic (exact) mass is 581 g/mol. The molecule has 2 amide bonds. The molecule has 0 saturated heterocycles. The van der Waals surface area contributed by atoms with Crippen LogP contribution in [-0.4, -0.2) is 40.9 Å². The molecule has 4 atom stereocenters. The van der Waals surface area contributed by atoms with Crippen molar-refractivity contribution in [3.63, 3.8) is 0 Å². The van der Waals surface area contributed by atoms with Crippen LogP contribution in [0.4, 0.5) is 11.4 Å². The molecule has 10 nitrogen and oxygen atoms in total. The summed E-state index contributed by atoms with van der Waals surface area (Å²) in [6.45, 7) is 0. The Hall–Kier alpha value is -3.73. The summed E-state index contributed by atoms with van der Waals surface area (Å²) >= 11 is 3.27. The Morgan fingerprint density at radius 2 is 1.74 bits per heavy atom. The van der Waals surface area contributed by atoms with E-state index in [0.29, 0.717) is 40.1 Å². The third kappa shape index (κ3) is 5.02. The van der Waals surface area contributed by atoms with Crippen LogP contribution in [0, 0.1) is 22.0 Å². The molecule has 1 heterocycles. The molecule has 0 spiro atoms. The number of nitrogens with one attached hydrogen (secondary N) is 4. The number of halogens is 1. The van der Waals surface area contributed by atoms with Crippen molar-refractivity contribution in [2.75, 3.05) is 12.4 Å². The van der Waals surface area contributed by atoms with Crippen LogP contribution in [0.1, 0.15) is 52.8 Å². The molecular weight excluding hydrogens is 554 g/mol. The van der Waals surface area contributed by atoms with Gasteiger partial charge in [0, 0.05) is 46.6 Å². The van der Waals surface area contributed by atoms with E-state index in [-0.39, 0.29) is 46.1 Å². The van der Waals surface area contributed by atoms with E-state index in [1.54, 1.807) is 30.3 Å². The van der Waals surface area contributed by atoms with E-state index in [0.717, 1.165) is 19.3 Å². The summed E-state index contributed by atoms with van der Waals surface area (Å²) < 4.78 is 0.416. The number of rotatable bonds is 6. The van der Waals surface area contributed by atoms with Gasteiger partial charge in [0.25, 0.3) is 17.5 Å². The average molecular weight is 582 g/mol. The first kappa shape index (κ1) is 25.9. The first-order valence-electron chi connectivity index (χ1n) is 12.6. The normalized spacial score (nSPS) is 22.5. The lowest BCUT2D eigenvalue weighted by atomic mass is 9.76. The lowest BCUT2D eigenvalue weighted by Crippen LogP contribution is -2.52. The number of aromatic amines is 1. The highest BCUT2D eigenvalue weighted by molar-refractivity contribution is 9.10. The van der Waals surface area contributed by atoms with E-state index in [4.69, 9.17) is 0 Å². The number of anilines is 1. The maximum Gasteiger partial charge on any atom is 0.294 e. The molecular formula is C27H28BrN5O5. The van der Waals surface area contributed by atoms with E-state index < -0.39 is 10.8 Å². The molecule has 11 heteroatoms. The molecule has 2 aliphatic rings. The number of carbonyl (C=O) groups is 2. The lowest BCUT2D eigenvalue weighted by molar-refractivity contribution is -0.384. The number of nitro groups is 1. The second-order valence-corrected chi connectivity index (χ2v) is 10.9. The summed E-state index contributed by atoms with van der Waals surface area (Å²) in [5.41, 5.74) is 0.519. The molecule has 2 unspecified atom stereocenters. The predicted molar refractivity (Wildman–Crippen MR) is 147 cm³/mol. The summed E-state index contributed by atoms with van der Waals surface area (Å²) in [6.07, 6.45) is 4.64. The number of para-hydroxylation sites is 1. The highest BCUT2D eigenvalue weighted by atomic mass is 79.9. The van der Waals surface area contributed by atoms with Crippen molar-refractivity contribution >= 4 is 50.0 Å². The largest absolute Gasteiger partial charge is 0.374 e. The van der Waals surface area contributed by atoms with Crippen molar-refractivity contribution in [3.05, 3.63) is 78.5 Å². The van der Waals surface area contributed by atoms with Gasteiger partial charge < -0.3 is 20.9 Å². The maximum atomic E-state index is 13.5. The molecule has 1 aromatic heterocycles. The van der Waals surface area contributed by atoms with Gasteiger partial charge in [0.1, 0.15) is 5.69 Å². The zero-order valence-electron chi connectivity index (χ0n) is 20.8. The lowest BCUT2D eigenvalue weighted by Gasteiger charge is -2.40. The molecule has 2 aliphatic carbocycles. The third-order valence-corrected chi connectivity index (χ3v) is 8.27. The van der Waals surface area contributed by atoms with E-state index >= 15 is 0 Å². The number of H-pyrrole nitrogens is 1. The molecule has 4 N–H and O–H groups in total. The van der Waals surface area contributed by atoms with Crippen LogP contribution in [0.3, 0.4) is 0 Å². The highest BCUT2D eigenvalue weighted by Gasteiger charge is 2.41.